The van der Waals surface area contributed by atoms with E-state index in [-0.39, 0.29) is 17.8 Å². The number of carbonyl (C=O) groups is 2. The van der Waals surface area contributed by atoms with Crippen LogP contribution in [0.25, 0.3) is 0 Å². The van der Waals surface area contributed by atoms with E-state index in [1.165, 1.54) is 12.0 Å². The van der Waals surface area contributed by atoms with E-state index < -0.39 is 24.3 Å². The summed E-state index contributed by atoms with van der Waals surface area (Å²) in [5.41, 5.74) is 0.368. The molecule has 1 amide bonds. The molecular formula is C30H29N3O6. The summed E-state index contributed by atoms with van der Waals surface area (Å²) in [7, 11) is 3.07. The molecule has 0 spiro atoms. The molecule has 0 bridgehead atoms. The molecule has 0 aliphatic heterocycles. The molecule has 4 aromatic rings. The van der Waals surface area contributed by atoms with E-state index in [0.717, 1.165) is 0 Å². The molecule has 0 saturated heterocycles. The number of carboxylic acid groups (broad SMARTS) is 1. The van der Waals surface area contributed by atoms with Gasteiger partial charge in [-0.2, -0.15) is 4.98 Å². The van der Waals surface area contributed by atoms with Gasteiger partial charge in [0.25, 0.3) is 5.91 Å². The first-order chi connectivity index (χ1) is 18.8. The number of aromatic nitrogens is 2. The van der Waals surface area contributed by atoms with Crippen LogP contribution in [-0.4, -0.2) is 53.8 Å². The second-order valence-corrected chi connectivity index (χ2v) is 8.72. The first-order valence-corrected chi connectivity index (χ1v) is 12.2. The number of nitrogens with zero attached hydrogens (tertiary/aromatic N) is 3. The van der Waals surface area contributed by atoms with E-state index in [4.69, 9.17) is 14.2 Å². The zero-order valence-electron chi connectivity index (χ0n) is 21.9. The quantitative estimate of drug-likeness (QED) is 0.308. The van der Waals surface area contributed by atoms with E-state index in [1.54, 1.807) is 92.8 Å². The fourth-order valence-electron chi connectivity index (χ4n) is 4.23. The van der Waals surface area contributed by atoms with Gasteiger partial charge in [0, 0.05) is 24.5 Å². The lowest BCUT2D eigenvalue weighted by atomic mass is 9.81. The Morgan fingerprint density at radius 3 is 1.95 bits per heavy atom. The summed E-state index contributed by atoms with van der Waals surface area (Å²) in [6, 6.07) is 28.1. The summed E-state index contributed by atoms with van der Waals surface area (Å²) in [6.07, 6.45) is -1.69. The van der Waals surface area contributed by atoms with E-state index in [1.807, 2.05) is 18.2 Å². The van der Waals surface area contributed by atoms with Crippen molar-refractivity contribution in [3.63, 3.8) is 0 Å². The predicted molar refractivity (Wildman–Crippen MR) is 145 cm³/mol. The van der Waals surface area contributed by atoms with Crippen LogP contribution in [0, 0.1) is 6.92 Å². The summed E-state index contributed by atoms with van der Waals surface area (Å²) < 4.78 is 17.6. The van der Waals surface area contributed by atoms with Gasteiger partial charge in [-0.05, 0) is 30.2 Å². The number of para-hydroxylation sites is 1. The molecule has 9 heteroatoms. The Bertz CT molecular complexity index is 1360. The van der Waals surface area contributed by atoms with E-state index in [2.05, 4.69) is 9.97 Å². The lowest BCUT2D eigenvalue weighted by molar-refractivity contribution is -0.166. The van der Waals surface area contributed by atoms with Gasteiger partial charge in [0.2, 0.25) is 12.0 Å². The lowest BCUT2D eigenvalue weighted by Crippen LogP contribution is -2.52. The average molecular weight is 528 g/mol. The number of ether oxygens (including phenoxy) is 3. The van der Waals surface area contributed by atoms with Crippen molar-refractivity contribution in [1.29, 1.82) is 0 Å². The average Bonchev–Trinajstić information content (AvgIpc) is 2.97. The number of hydrogen-bond donors (Lipinski definition) is 1. The Morgan fingerprint density at radius 2 is 1.44 bits per heavy atom. The molecule has 0 aliphatic carbocycles. The van der Waals surface area contributed by atoms with Gasteiger partial charge in [-0.1, -0.05) is 78.9 Å². The van der Waals surface area contributed by atoms with Crippen molar-refractivity contribution < 1.29 is 28.9 Å². The molecule has 9 nitrogen and oxygen atoms in total. The third-order valence-corrected chi connectivity index (χ3v) is 6.18. The molecule has 1 unspecified atom stereocenters. The van der Waals surface area contributed by atoms with Crippen molar-refractivity contribution in [1.82, 2.24) is 9.97 Å². The normalized spacial score (nSPS) is 11.9. The van der Waals surface area contributed by atoms with Gasteiger partial charge in [-0.15, -0.1) is 0 Å². The zero-order valence-corrected chi connectivity index (χ0v) is 21.9. The van der Waals surface area contributed by atoms with Crippen molar-refractivity contribution in [2.75, 3.05) is 25.7 Å². The minimum Gasteiger partial charge on any atom is -0.481 e. The van der Waals surface area contributed by atoms with Crippen molar-refractivity contribution in [2.24, 2.45) is 0 Å². The van der Waals surface area contributed by atoms with Crippen LogP contribution in [0.15, 0.2) is 97.1 Å². The molecule has 0 radical (unpaired) electrons. The Balaban J connectivity index is 1.83. The van der Waals surface area contributed by atoms with Gasteiger partial charge < -0.3 is 24.2 Å². The van der Waals surface area contributed by atoms with Crippen molar-refractivity contribution in [3.05, 3.63) is 114 Å². The van der Waals surface area contributed by atoms with Gasteiger partial charge in [-0.25, -0.2) is 9.78 Å². The number of likely N-dealkylation sites (N-methyl/N-ethyl adjacent to an activating group) is 1. The Hall–Kier alpha value is -4.76. The highest BCUT2D eigenvalue weighted by atomic mass is 16.6. The summed E-state index contributed by atoms with van der Waals surface area (Å²) in [4.78, 5) is 36.2. The van der Waals surface area contributed by atoms with Crippen LogP contribution in [0.3, 0.4) is 0 Å². The third-order valence-electron chi connectivity index (χ3n) is 6.18. The van der Waals surface area contributed by atoms with E-state index >= 15 is 0 Å². The molecule has 1 heterocycles. The molecule has 1 atom stereocenters. The summed E-state index contributed by atoms with van der Waals surface area (Å²) in [6.45, 7) is 1.27. The standard InChI is InChI=1S/C30H29N3O6/c1-21-19-25(37-3)32-29(31-21)39-27(28(35)36)30(22-13-7-4-8-14-22,23-15-9-5-10-16-23)38-20-26(34)33(2)24-17-11-6-12-18-24/h4-19,27H,20H2,1-3H3,(H,35,36). The van der Waals surface area contributed by atoms with Gasteiger partial charge in [0.1, 0.15) is 6.61 Å². The van der Waals surface area contributed by atoms with Gasteiger partial charge in [0.15, 0.2) is 5.60 Å². The number of benzene rings is 3. The number of hydrogen-bond acceptors (Lipinski definition) is 7. The van der Waals surface area contributed by atoms with Gasteiger partial charge >= 0.3 is 12.0 Å². The number of methoxy groups -OCH3 is 1. The maximum atomic E-state index is 13.3. The van der Waals surface area contributed by atoms with Gasteiger partial charge in [0.05, 0.1) is 7.11 Å². The maximum Gasteiger partial charge on any atom is 0.348 e. The van der Waals surface area contributed by atoms with Crippen LogP contribution in [-0.2, 0) is 19.9 Å². The molecule has 200 valence electrons. The Kier molecular flexibility index (Phi) is 8.53. The number of rotatable bonds is 11. The van der Waals surface area contributed by atoms with Crippen LogP contribution < -0.4 is 14.4 Å². The molecular weight excluding hydrogens is 498 g/mol. The number of aliphatic carboxylic acids is 1. The lowest BCUT2D eigenvalue weighted by Gasteiger charge is -2.39. The van der Waals surface area contributed by atoms with Crippen LogP contribution >= 0.6 is 0 Å². The van der Waals surface area contributed by atoms with Crippen LogP contribution in [0.1, 0.15) is 16.8 Å². The monoisotopic (exact) mass is 527 g/mol. The molecule has 0 fully saturated rings. The second-order valence-electron chi connectivity index (χ2n) is 8.72. The van der Waals surface area contributed by atoms with Crippen molar-refractivity contribution in [2.45, 2.75) is 18.6 Å². The molecule has 39 heavy (non-hydrogen) atoms. The highest BCUT2D eigenvalue weighted by Crippen LogP contribution is 2.39. The van der Waals surface area contributed by atoms with Gasteiger partial charge in [-0.3, -0.25) is 4.79 Å². The van der Waals surface area contributed by atoms with Crippen LogP contribution in [0.4, 0.5) is 5.69 Å². The number of carbonyl (C=O) groups excluding carboxylic acids is 1. The maximum absolute atomic E-state index is 13.3. The highest BCUT2D eigenvalue weighted by Gasteiger charge is 2.50. The van der Waals surface area contributed by atoms with Crippen LogP contribution in [0.5, 0.6) is 11.9 Å². The minimum atomic E-state index is -1.76. The number of amides is 1. The third kappa shape index (κ3) is 6.05. The molecule has 1 aromatic heterocycles. The SMILES string of the molecule is COc1cc(C)nc(OC(C(=O)O)C(OCC(=O)N(C)c2ccccc2)(c2ccccc2)c2ccccc2)n1. The van der Waals surface area contributed by atoms with Crippen molar-refractivity contribution in [3.8, 4) is 11.9 Å². The summed E-state index contributed by atoms with van der Waals surface area (Å²) in [5.74, 6) is -1.50. The first kappa shape index (κ1) is 27.3. The molecule has 4 rings (SSSR count). The number of aryl methyl sites for hydroxylation is 1. The zero-order chi connectivity index (χ0) is 27.8. The fraction of sp³-hybridized carbons (Fsp3) is 0.200. The molecule has 0 saturated carbocycles. The Labute approximate surface area is 226 Å². The highest BCUT2D eigenvalue weighted by molar-refractivity contribution is 5.93. The summed E-state index contributed by atoms with van der Waals surface area (Å²) >= 11 is 0. The molecule has 1 N–H and O–H groups in total. The van der Waals surface area contributed by atoms with E-state index in [0.29, 0.717) is 22.5 Å². The Morgan fingerprint density at radius 1 is 0.897 bits per heavy atom. The van der Waals surface area contributed by atoms with Crippen LogP contribution in [0.2, 0.25) is 0 Å². The molecule has 3 aromatic carbocycles. The minimum absolute atomic E-state index is 0.202. The smallest absolute Gasteiger partial charge is 0.348 e. The fourth-order valence-corrected chi connectivity index (χ4v) is 4.23. The molecule has 0 aliphatic rings. The first-order valence-electron chi connectivity index (χ1n) is 12.2. The second kappa shape index (κ2) is 12.2. The predicted octanol–water partition coefficient (Wildman–Crippen LogP) is 4.25. The number of carboxylic acids is 1. The largest absolute Gasteiger partial charge is 0.481 e. The van der Waals surface area contributed by atoms with E-state index in [9.17, 15) is 14.7 Å². The summed E-state index contributed by atoms with van der Waals surface area (Å²) in [5, 5.41) is 10.6. The topological polar surface area (TPSA) is 111 Å². The number of anilines is 1. The van der Waals surface area contributed by atoms with Crippen molar-refractivity contribution >= 4 is 17.6 Å².